The van der Waals surface area contributed by atoms with Crippen LogP contribution in [0.1, 0.15) is 30.9 Å². The van der Waals surface area contributed by atoms with Crippen molar-refractivity contribution in [2.24, 2.45) is 0 Å². The Morgan fingerprint density at radius 1 is 1.17 bits per heavy atom. The van der Waals surface area contributed by atoms with E-state index in [1.165, 1.54) is 0 Å². The van der Waals surface area contributed by atoms with E-state index in [-0.39, 0.29) is 5.48 Å². The third-order valence-corrected chi connectivity index (χ3v) is 5.13. The summed E-state index contributed by atoms with van der Waals surface area (Å²) >= 11 is 12.2. The Morgan fingerprint density at radius 2 is 1.87 bits per heavy atom. The van der Waals surface area contributed by atoms with Gasteiger partial charge in [-0.2, -0.15) is 0 Å². The molecule has 23 heavy (non-hydrogen) atoms. The minimum absolute atomic E-state index is 0.108. The maximum Gasteiger partial charge on any atom is 0.119 e. The predicted molar refractivity (Wildman–Crippen MR) is 98.7 cm³/mol. The number of hydrogen-bond acceptors (Lipinski definition) is 2. The van der Waals surface area contributed by atoms with Gasteiger partial charge in [0.2, 0.25) is 0 Å². The van der Waals surface area contributed by atoms with Crippen molar-refractivity contribution in [2.75, 3.05) is 6.61 Å². The van der Waals surface area contributed by atoms with Gasteiger partial charge in [-0.1, -0.05) is 50.8 Å². The van der Waals surface area contributed by atoms with Crippen LogP contribution in [0.25, 0.3) is 0 Å². The van der Waals surface area contributed by atoms with E-state index in [2.05, 4.69) is 6.92 Å². The van der Waals surface area contributed by atoms with Crippen LogP contribution < -0.4 is 15.1 Å². The van der Waals surface area contributed by atoms with Gasteiger partial charge in [-0.15, -0.1) is 5.48 Å². The lowest BCUT2D eigenvalue weighted by molar-refractivity contribution is -0.206. The van der Waals surface area contributed by atoms with Gasteiger partial charge in [-0.3, -0.25) is 0 Å². The molecule has 2 aromatic rings. The number of aryl methyl sites for hydroxylation is 1. The first-order chi connectivity index (χ1) is 11.0. The van der Waals surface area contributed by atoms with Crippen molar-refractivity contribution in [3.05, 3.63) is 57.6 Å². The summed E-state index contributed by atoms with van der Waals surface area (Å²) in [5, 5.41) is 14.2. The second kappa shape index (κ2) is 8.70. The van der Waals surface area contributed by atoms with Gasteiger partial charge in [0, 0.05) is 20.9 Å². The number of ether oxygens (including phenoxy) is 1. The van der Waals surface area contributed by atoms with E-state index >= 15 is 0 Å². The Hall–Kier alpha value is -1.05. The van der Waals surface area contributed by atoms with E-state index < -0.39 is 0 Å². The van der Waals surface area contributed by atoms with Crippen LogP contribution in [0.3, 0.4) is 0 Å². The van der Waals surface area contributed by atoms with Gasteiger partial charge in [-0.05, 0) is 49.2 Å². The molecule has 0 saturated heterocycles. The number of hydrogen-bond donors (Lipinski definition) is 0. The standard InChI is InChI=1S/C18H19Cl2O2P/c1-3-4-10-22-13-8-9-16(12(2)11-13)23-18(21)17-14(19)6-5-7-15(17)20/h5-9,11,21H,3-4,10H2,1-2H3/p-1. The van der Waals surface area contributed by atoms with Crippen LogP contribution in [0.5, 0.6) is 5.75 Å². The number of halogens is 2. The topological polar surface area (TPSA) is 32.3 Å². The quantitative estimate of drug-likeness (QED) is 0.552. The second-order valence-corrected chi connectivity index (χ2v) is 7.09. The first kappa shape index (κ1) is 18.3. The Labute approximate surface area is 148 Å². The third kappa shape index (κ3) is 4.96. The van der Waals surface area contributed by atoms with Crippen molar-refractivity contribution in [1.29, 1.82) is 0 Å². The van der Waals surface area contributed by atoms with E-state index in [0.717, 1.165) is 29.5 Å². The minimum atomic E-state index is -0.108. The molecule has 0 amide bonds. The van der Waals surface area contributed by atoms with Crippen LogP contribution in [-0.4, -0.2) is 12.1 Å². The van der Waals surface area contributed by atoms with Crippen molar-refractivity contribution in [1.82, 2.24) is 0 Å². The maximum atomic E-state index is 12.5. The molecule has 0 saturated carbocycles. The lowest BCUT2D eigenvalue weighted by Gasteiger charge is -2.16. The summed E-state index contributed by atoms with van der Waals surface area (Å²) in [7, 11) is 0.554. The summed E-state index contributed by atoms with van der Waals surface area (Å²) in [5.74, 6) is 0.832. The van der Waals surface area contributed by atoms with Crippen molar-refractivity contribution in [2.45, 2.75) is 26.7 Å². The molecule has 5 heteroatoms. The summed E-state index contributed by atoms with van der Waals surface area (Å²) in [6, 6.07) is 10.8. The molecule has 2 aromatic carbocycles. The molecule has 2 nitrogen and oxygen atoms in total. The number of unbranched alkanes of at least 4 members (excludes halogenated alkanes) is 1. The zero-order valence-electron chi connectivity index (χ0n) is 13.1. The largest absolute Gasteiger partial charge is 0.823 e. The second-order valence-electron chi connectivity index (χ2n) is 5.16. The number of benzene rings is 2. The highest BCUT2D eigenvalue weighted by Gasteiger charge is 2.05. The molecule has 122 valence electrons. The van der Waals surface area contributed by atoms with Gasteiger partial charge < -0.3 is 9.84 Å². The van der Waals surface area contributed by atoms with E-state index in [1.54, 1.807) is 18.2 Å². The molecule has 0 aliphatic carbocycles. The van der Waals surface area contributed by atoms with E-state index in [1.807, 2.05) is 25.1 Å². The van der Waals surface area contributed by atoms with E-state index in [0.29, 0.717) is 30.4 Å². The van der Waals surface area contributed by atoms with E-state index in [4.69, 9.17) is 27.9 Å². The average Bonchev–Trinajstić information content (AvgIpc) is 2.50. The predicted octanol–water partition coefficient (Wildman–Crippen LogP) is 4.59. The fourth-order valence-corrected chi connectivity index (χ4v) is 3.71. The summed E-state index contributed by atoms with van der Waals surface area (Å²) < 4.78 is 5.68. The Morgan fingerprint density at radius 3 is 2.48 bits per heavy atom. The van der Waals surface area contributed by atoms with Crippen LogP contribution >= 0.6 is 31.4 Å². The minimum Gasteiger partial charge on any atom is -0.823 e. The Balaban J connectivity index is 2.25. The van der Waals surface area contributed by atoms with Gasteiger partial charge in [0.1, 0.15) is 5.75 Å². The summed E-state index contributed by atoms with van der Waals surface area (Å²) in [6.07, 6.45) is 2.13. The molecule has 0 spiro atoms. The van der Waals surface area contributed by atoms with Crippen molar-refractivity contribution in [3.8, 4) is 5.75 Å². The maximum absolute atomic E-state index is 12.5. The fraction of sp³-hybridized carbons (Fsp3) is 0.278. The summed E-state index contributed by atoms with van der Waals surface area (Å²) in [5.41, 5.74) is 1.28. The average molecular weight is 368 g/mol. The Kier molecular flexibility index (Phi) is 6.92. The van der Waals surface area contributed by atoms with Crippen LogP contribution in [0.4, 0.5) is 0 Å². The van der Waals surface area contributed by atoms with Crippen molar-refractivity contribution >= 4 is 42.2 Å². The van der Waals surface area contributed by atoms with Crippen LogP contribution in [0.15, 0.2) is 36.4 Å². The molecule has 0 heterocycles. The molecule has 0 aromatic heterocycles. The van der Waals surface area contributed by atoms with Gasteiger partial charge in [-0.25, -0.2) is 0 Å². The molecule has 2 rings (SSSR count). The van der Waals surface area contributed by atoms with Crippen molar-refractivity contribution < 1.29 is 9.84 Å². The van der Waals surface area contributed by atoms with Crippen LogP contribution in [0.2, 0.25) is 10.0 Å². The Bertz CT molecular complexity index is 694. The number of rotatable bonds is 6. The molecule has 0 atom stereocenters. The highest BCUT2D eigenvalue weighted by molar-refractivity contribution is 7.49. The molecular weight excluding hydrogens is 350 g/mol. The monoisotopic (exact) mass is 367 g/mol. The molecule has 0 N–H and O–H groups in total. The van der Waals surface area contributed by atoms with Crippen LogP contribution in [0, 0.1) is 6.92 Å². The smallest absolute Gasteiger partial charge is 0.119 e. The van der Waals surface area contributed by atoms with Gasteiger partial charge in [0.25, 0.3) is 0 Å². The van der Waals surface area contributed by atoms with Gasteiger partial charge in [0.05, 0.1) is 6.61 Å². The lowest BCUT2D eigenvalue weighted by Crippen LogP contribution is -2.19. The zero-order valence-corrected chi connectivity index (χ0v) is 15.5. The highest BCUT2D eigenvalue weighted by Crippen LogP contribution is 2.26. The molecule has 0 aliphatic rings. The molecule has 0 unspecified atom stereocenters. The molecule has 0 fully saturated rings. The third-order valence-electron chi connectivity index (χ3n) is 3.33. The summed E-state index contributed by atoms with van der Waals surface area (Å²) in [4.78, 5) is 0. The molecule has 0 aliphatic heterocycles. The normalized spacial score (nSPS) is 11.6. The highest BCUT2D eigenvalue weighted by atomic mass is 35.5. The van der Waals surface area contributed by atoms with Crippen molar-refractivity contribution in [3.63, 3.8) is 0 Å². The van der Waals surface area contributed by atoms with Gasteiger partial charge >= 0.3 is 0 Å². The fourth-order valence-electron chi connectivity index (χ4n) is 2.04. The zero-order chi connectivity index (χ0) is 16.8. The first-order valence-corrected chi connectivity index (χ1v) is 9.11. The summed E-state index contributed by atoms with van der Waals surface area (Å²) in [6.45, 7) is 4.81. The molecule has 0 radical (unpaired) electrons. The molecular formula is C18H18Cl2O2P-. The van der Waals surface area contributed by atoms with Gasteiger partial charge in [0.15, 0.2) is 0 Å². The van der Waals surface area contributed by atoms with Crippen LogP contribution in [-0.2, 0) is 0 Å². The molecule has 0 bridgehead atoms. The lowest BCUT2D eigenvalue weighted by atomic mass is 10.2. The SMILES string of the molecule is CCCCOc1ccc(P=C([O-])c2c(Cl)cccc2Cl)c(C)c1. The first-order valence-electron chi connectivity index (χ1n) is 7.46. The van der Waals surface area contributed by atoms with E-state index in [9.17, 15) is 5.11 Å².